The number of carbonyl (C=O) groups is 1. The van der Waals surface area contributed by atoms with E-state index in [4.69, 9.17) is 4.74 Å². The number of hydrogen-bond acceptors (Lipinski definition) is 2. The SMILES string of the molecule is COC(=O)[C@@](C)(Br)c1ccc(Br)cc1. The number of benzene rings is 1. The average Bonchev–Trinajstić information content (AvgIpc) is 2.17. The summed E-state index contributed by atoms with van der Waals surface area (Å²) in [7, 11) is 1.38. The second-order valence-corrected chi connectivity index (χ2v) is 5.50. The number of halogens is 2. The Bertz CT molecular complexity index is 330. The molecule has 1 aromatic rings. The first-order valence-corrected chi connectivity index (χ1v) is 5.60. The smallest absolute Gasteiger partial charge is 0.326 e. The van der Waals surface area contributed by atoms with Crippen LogP contribution in [0.25, 0.3) is 0 Å². The van der Waals surface area contributed by atoms with E-state index in [0.717, 1.165) is 10.0 Å². The van der Waals surface area contributed by atoms with Crippen molar-refractivity contribution in [1.29, 1.82) is 0 Å². The van der Waals surface area contributed by atoms with Gasteiger partial charge in [-0.1, -0.05) is 44.0 Å². The van der Waals surface area contributed by atoms with E-state index in [1.165, 1.54) is 7.11 Å². The van der Waals surface area contributed by atoms with E-state index in [0.29, 0.717) is 0 Å². The Labute approximate surface area is 99.9 Å². The Morgan fingerprint density at radius 2 is 1.86 bits per heavy atom. The Morgan fingerprint density at radius 3 is 2.29 bits per heavy atom. The number of ether oxygens (including phenoxy) is 1. The maximum atomic E-state index is 11.4. The molecule has 0 unspecified atom stereocenters. The lowest BCUT2D eigenvalue weighted by atomic mass is 10.0. The largest absolute Gasteiger partial charge is 0.468 e. The molecule has 0 aromatic heterocycles. The first-order valence-electron chi connectivity index (χ1n) is 4.02. The highest BCUT2D eigenvalue weighted by Gasteiger charge is 2.32. The van der Waals surface area contributed by atoms with Crippen LogP contribution >= 0.6 is 31.9 Å². The van der Waals surface area contributed by atoms with Gasteiger partial charge in [0.25, 0.3) is 0 Å². The molecule has 1 atom stereocenters. The molecule has 14 heavy (non-hydrogen) atoms. The van der Waals surface area contributed by atoms with E-state index in [9.17, 15) is 4.79 Å². The zero-order valence-corrected chi connectivity index (χ0v) is 11.1. The van der Waals surface area contributed by atoms with Gasteiger partial charge in [0, 0.05) is 4.47 Å². The minimum atomic E-state index is -0.775. The van der Waals surface area contributed by atoms with Crippen LogP contribution in [-0.4, -0.2) is 13.1 Å². The fourth-order valence-corrected chi connectivity index (χ4v) is 1.76. The molecule has 0 amide bonds. The van der Waals surface area contributed by atoms with E-state index >= 15 is 0 Å². The molecule has 1 aromatic carbocycles. The van der Waals surface area contributed by atoms with Gasteiger partial charge >= 0.3 is 5.97 Å². The van der Waals surface area contributed by atoms with Crippen LogP contribution < -0.4 is 0 Å². The van der Waals surface area contributed by atoms with Gasteiger partial charge in [0.15, 0.2) is 0 Å². The van der Waals surface area contributed by atoms with Gasteiger partial charge in [0.05, 0.1) is 7.11 Å². The molecule has 0 spiro atoms. The monoisotopic (exact) mass is 320 g/mol. The molecule has 2 nitrogen and oxygen atoms in total. The molecule has 0 radical (unpaired) electrons. The second kappa shape index (κ2) is 4.45. The molecule has 0 heterocycles. The first kappa shape index (κ1) is 11.7. The lowest BCUT2D eigenvalue weighted by Gasteiger charge is -2.19. The maximum absolute atomic E-state index is 11.4. The Morgan fingerprint density at radius 1 is 1.36 bits per heavy atom. The molecule has 0 fully saturated rings. The van der Waals surface area contributed by atoms with Gasteiger partial charge in [-0.3, -0.25) is 4.79 Å². The predicted octanol–water partition coefficient (Wildman–Crippen LogP) is 3.23. The summed E-state index contributed by atoms with van der Waals surface area (Å²) in [6.45, 7) is 1.77. The summed E-state index contributed by atoms with van der Waals surface area (Å²) in [5, 5.41) is 0. The summed E-state index contributed by atoms with van der Waals surface area (Å²) in [4.78, 5) is 11.4. The van der Waals surface area contributed by atoms with Gasteiger partial charge in [-0.05, 0) is 24.6 Å². The van der Waals surface area contributed by atoms with Crippen LogP contribution in [0.4, 0.5) is 0 Å². The molecule has 0 aliphatic heterocycles. The normalized spacial score (nSPS) is 14.6. The predicted molar refractivity (Wildman–Crippen MR) is 62.4 cm³/mol. The lowest BCUT2D eigenvalue weighted by Crippen LogP contribution is -2.26. The minimum Gasteiger partial charge on any atom is -0.468 e. The Balaban J connectivity index is 3.03. The topological polar surface area (TPSA) is 26.3 Å². The van der Waals surface area contributed by atoms with Crippen LogP contribution in [0.2, 0.25) is 0 Å². The molecule has 0 aliphatic carbocycles. The second-order valence-electron chi connectivity index (χ2n) is 3.00. The van der Waals surface area contributed by atoms with Gasteiger partial charge < -0.3 is 4.74 Å². The Hall–Kier alpha value is -0.350. The van der Waals surface area contributed by atoms with Crippen molar-refractivity contribution in [2.45, 2.75) is 11.2 Å². The molecule has 0 saturated carbocycles. The third kappa shape index (κ3) is 2.36. The van der Waals surface area contributed by atoms with Crippen LogP contribution in [0.1, 0.15) is 12.5 Å². The van der Waals surface area contributed by atoms with Crippen LogP contribution in [0.3, 0.4) is 0 Å². The third-order valence-corrected chi connectivity index (χ3v) is 3.27. The van der Waals surface area contributed by atoms with E-state index in [2.05, 4.69) is 31.9 Å². The number of esters is 1. The number of methoxy groups -OCH3 is 1. The molecule has 1 rings (SSSR count). The highest BCUT2D eigenvalue weighted by molar-refractivity contribution is 9.10. The summed E-state index contributed by atoms with van der Waals surface area (Å²) in [5.74, 6) is -0.306. The molecule has 0 N–H and O–H groups in total. The van der Waals surface area contributed by atoms with Crippen molar-refractivity contribution in [1.82, 2.24) is 0 Å². The van der Waals surface area contributed by atoms with E-state index < -0.39 is 4.32 Å². The van der Waals surface area contributed by atoms with Crippen molar-refractivity contribution >= 4 is 37.8 Å². The van der Waals surface area contributed by atoms with Crippen molar-refractivity contribution < 1.29 is 9.53 Å². The summed E-state index contributed by atoms with van der Waals surface area (Å²) in [6.07, 6.45) is 0. The van der Waals surface area contributed by atoms with Crippen LogP contribution in [-0.2, 0) is 13.9 Å². The molecular weight excluding hydrogens is 312 g/mol. The molecule has 0 bridgehead atoms. The zero-order chi connectivity index (χ0) is 10.8. The molecular formula is C10H10Br2O2. The van der Waals surface area contributed by atoms with Gasteiger partial charge in [-0.25, -0.2) is 0 Å². The molecule has 0 saturated heterocycles. The number of rotatable bonds is 2. The van der Waals surface area contributed by atoms with Crippen molar-refractivity contribution in [2.24, 2.45) is 0 Å². The van der Waals surface area contributed by atoms with Crippen LogP contribution in [0, 0.1) is 0 Å². The van der Waals surface area contributed by atoms with Crippen LogP contribution in [0.5, 0.6) is 0 Å². The van der Waals surface area contributed by atoms with Crippen molar-refractivity contribution in [2.75, 3.05) is 7.11 Å². The summed E-state index contributed by atoms with van der Waals surface area (Å²) in [5.41, 5.74) is 0.868. The molecule has 76 valence electrons. The third-order valence-electron chi connectivity index (χ3n) is 1.96. The first-order chi connectivity index (χ1) is 6.48. The molecule has 4 heteroatoms. The Kier molecular flexibility index (Phi) is 3.72. The molecule has 0 aliphatic rings. The number of alkyl halides is 1. The fraction of sp³-hybridized carbons (Fsp3) is 0.300. The van der Waals surface area contributed by atoms with Crippen molar-refractivity contribution in [3.63, 3.8) is 0 Å². The highest BCUT2D eigenvalue weighted by atomic mass is 79.9. The van der Waals surface area contributed by atoms with Crippen molar-refractivity contribution in [3.05, 3.63) is 34.3 Å². The van der Waals surface area contributed by atoms with Gasteiger partial charge in [0.2, 0.25) is 0 Å². The van der Waals surface area contributed by atoms with Crippen molar-refractivity contribution in [3.8, 4) is 0 Å². The lowest BCUT2D eigenvalue weighted by molar-refractivity contribution is -0.143. The quantitative estimate of drug-likeness (QED) is 0.617. The standard InChI is InChI=1S/C10H10Br2O2/c1-10(12,9(13)14-2)7-3-5-8(11)6-4-7/h3-6H,1-2H3/t10-/m0/s1. The zero-order valence-electron chi connectivity index (χ0n) is 7.88. The fourth-order valence-electron chi connectivity index (χ4n) is 1.07. The van der Waals surface area contributed by atoms with E-state index in [-0.39, 0.29) is 5.97 Å². The van der Waals surface area contributed by atoms with E-state index in [1.54, 1.807) is 6.92 Å². The van der Waals surface area contributed by atoms with Crippen LogP contribution in [0.15, 0.2) is 28.7 Å². The summed E-state index contributed by atoms with van der Waals surface area (Å²) in [6, 6.07) is 7.51. The minimum absolute atomic E-state index is 0.306. The number of carbonyl (C=O) groups excluding carboxylic acids is 1. The maximum Gasteiger partial charge on any atom is 0.326 e. The average molecular weight is 322 g/mol. The highest BCUT2D eigenvalue weighted by Crippen LogP contribution is 2.32. The number of hydrogen-bond donors (Lipinski definition) is 0. The summed E-state index contributed by atoms with van der Waals surface area (Å²) >= 11 is 6.69. The van der Waals surface area contributed by atoms with Gasteiger partial charge in [-0.2, -0.15) is 0 Å². The summed E-state index contributed by atoms with van der Waals surface area (Å²) < 4.78 is 4.91. The van der Waals surface area contributed by atoms with Gasteiger partial charge in [0.1, 0.15) is 4.32 Å². The van der Waals surface area contributed by atoms with E-state index in [1.807, 2.05) is 24.3 Å². The van der Waals surface area contributed by atoms with Gasteiger partial charge in [-0.15, -0.1) is 0 Å².